The number of amides is 1. The number of nitrogens with zero attached hydrogens (tertiary/aromatic N) is 1. The van der Waals surface area contributed by atoms with Gasteiger partial charge in [-0.2, -0.15) is 0 Å². The van der Waals surface area contributed by atoms with Crippen LogP contribution in [0.5, 0.6) is 0 Å². The number of aliphatic hydroxyl groups excluding tert-OH is 1. The van der Waals surface area contributed by atoms with E-state index in [0.29, 0.717) is 18.7 Å². The first-order chi connectivity index (χ1) is 9.60. The Morgan fingerprint density at radius 1 is 1.40 bits per heavy atom. The number of hydrogen-bond donors (Lipinski definition) is 1. The molecular weight excluding hydrogens is 254 g/mol. The van der Waals surface area contributed by atoms with Gasteiger partial charge in [0.25, 0.3) is 5.91 Å². The first kappa shape index (κ1) is 14.6. The average Bonchev–Trinajstić information content (AvgIpc) is 2.43. The Hall–Kier alpha value is -1.83. The van der Waals surface area contributed by atoms with Gasteiger partial charge in [0.2, 0.25) is 0 Å². The number of carbonyl (C=O) groups is 1. The number of hydrogen-bond acceptors (Lipinski definition) is 3. The summed E-state index contributed by atoms with van der Waals surface area (Å²) in [5, 5.41) is 8.71. The molecule has 0 aliphatic carbocycles. The van der Waals surface area contributed by atoms with Gasteiger partial charge < -0.3 is 14.7 Å². The highest BCUT2D eigenvalue weighted by Gasteiger charge is 2.26. The second-order valence-corrected chi connectivity index (χ2v) is 5.01. The lowest BCUT2D eigenvalue weighted by Gasteiger charge is -2.35. The van der Waals surface area contributed by atoms with E-state index in [9.17, 15) is 4.79 Å². The molecule has 0 saturated carbocycles. The van der Waals surface area contributed by atoms with Gasteiger partial charge in [0.15, 0.2) is 0 Å². The Morgan fingerprint density at radius 3 is 2.75 bits per heavy atom. The first-order valence-electron chi connectivity index (χ1n) is 6.74. The lowest BCUT2D eigenvalue weighted by atomic mass is 10.1. The van der Waals surface area contributed by atoms with Gasteiger partial charge in [-0.25, -0.2) is 0 Å². The molecule has 0 spiro atoms. The van der Waals surface area contributed by atoms with Crippen molar-refractivity contribution in [2.24, 2.45) is 0 Å². The maximum absolute atomic E-state index is 12.5. The van der Waals surface area contributed by atoms with E-state index in [1.165, 1.54) is 0 Å². The van der Waals surface area contributed by atoms with Crippen LogP contribution in [0, 0.1) is 11.8 Å². The molecule has 1 saturated heterocycles. The number of carbonyl (C=O) groups excluding carboxylic acids is 1. The predicted molar refractivity (Wildman–Crippen MR) is 76.3 cm³/mol. The van der Waals surface area contributed by atoms with Crippen LogP contribution in [-0.4, -0.2) is 47.8 Å². The summed E-state index contributed by atoms with van der Waals surface area (Å²) in [6.45, 7) is 4.97. The summed E-state index contributed by atoms with van der Waals surface area (Å²) in [7, 11) is 0. The molecule has 1 N–H and O–H groups in total. The van der Waals surface area contributed by atoms with Gasteiger partial charge >= 0.3 is 0 Å². The van der Waals surface area contributed by atoms with Gasteiger partial charge in [0, 0.05) is 24.2 Å². The Kier molecular flexibility index (Phi) is 4.78. The van der Waals surface area contributed by atoms with Gasteiger partial charge in [-0.1, -0.05) is 17.9 Å². The number of aliphatic hydroxyl groups is 1. The van der Waals surface area contributed by atoms with E-state index in [1.807, 2.05) is 30.9 Å². The molecule has 1 fully saturated rings. The molecular formula is C16H19NO3. The second-order valence-electron chi connectivity index (χ2n) is 5.01. The summed E-state index contributed by atoms with van der Waals surface area (Å²) in [4.78, 5) is 14.3. The SMILES string of the molecule is C[C@@H]1CN(C(=O)c2cccc(C#CCO)c2)C[C@H](C)O1. The normalized spacial score (nSPS) is 22.1. The zero-order chi connectivity index (χ0) is 14.5. The number of morpholine rings is 1. The fourth-order valence-corrected chi connectivity index (χ4v) is 2.40. The molecule has 106 valence electrons. The summed E-state index contributed by atoms with van der Waals surface area (Å²) in [5.74, 6) is 5.40. The van der Waals surface area contributed by atoms with E-state index >= 15 is 0 Å². The highest BCUT2D eigenvalue weighted by molar-refractivity contribution is 5.94. The molecule has 4 heteroatoms. The quantitative estimate of drug-likeness (QED) is 0.784. The Labute approximate surface area is 119 Å². The second kappa shape index (κ2) is 6.56. The van der Waals surface area contributed by atoms with Crippen molar-refractivity contribution in [1.29, 1.82) is 0 Å². The largest absolute Gasteiger partial charge is 0.384 e. The van der Waals surface area contributed by atoms with E-state index in [1.54, 1.807) is 12.1 Å². The van der Waals surface area contributed by atoms with Crippen LogP contribution >= 0.6 is 0 Å². The standard InChI is InChI=1S/C16H19NO3/c1-12-10-17(11-13(2)20-12)16(19)15-7-3-5-14(9-15)6-4-8-18/h3,5,7,9,12-13,18H,8,10-11H2,1-2H3/t12-,13+. The van der Waals surface area contributed by atoms with Crippen molar-refractivity contribution >= 4 is 5.91 Å². The van der Waals surface area contributed by atoms with Crippen LogP contribution in [0.4, 0.5) is 0 Å². The minimum absolute atomic E-state index is 0.000325. The van der Waals surface area contributed by atoms with Crippen molar-refractivity contribution in [1.82, 2.24) is 4.90 Å². The third kappa shape index (κ3) is 3.60. The van der Waals surface area contributed by atoms with Crippen LogP contribution < -0.4 is 0 Å². The average molecular weight is 273 g/mol. The molecule has 0 aromatic heterocycles. The maximum Gasteiger partial charge on any atom is 0.254 e. The van der Waals surface area contributed by atoms with Crippen LogP contribution in [0.3, 0.4) is 0 Å². The molecule has 0 bridgehead atoms. The Morgan fingerprint density at radius 2 is 2.10 bits per heavy atom. The van der Waals surface area contributed by atoms with Crippen molar-refractivity contribution < 1.29 is 14.6 Å². The van der Waals surface area contributed by atoms with Gasteiger partial charge in [0.1, 0.15) is 6.61 Å². The fourth-order valence-electron chi connectivity index (χ4n) is 2.40. The van der Waals surface area contributed by atoms with Crippen LogP contribution in [0.15, 0.2) is 24.3 Å². The van der Waals surface area contributed by atoms with Crippen LogP contribution in [0.1, 0.15) is 29.8 Å². The zero-order valence-corrected chi connectivity index (χ0v) is 11.8. The van der Waals surface area contributed by atoms with Gasteiger partial charge in [-0.15, -0.1) is 0 Å². The highest BCUT2D eigenvalue weighted by atomic mass is 16.5. The fraction of sp³-hybridized carbons (Fsp3) is 0.438. The lowest BCUT2D eigenvalue weighted by molar-refractivity contribution is -0.0586. The molecule has 2 rings (SSSR count). The number of benzene rings is 1. The van der Waals surface area contributed by atoms with Crippen LogP contribution in [-0.2, 0) is 4.74 Å². The van der Waals surface area contributed by atoms with Crippen molar-refractivity contribution in [3.63, 3.8) is 0 Å². The molecule has 4 nitrogen and oxygen atoms in total. The Bertz CT molecular complexity index is 534. The molecule has 0 radical (unpaired) electrons. The van der Waals surface area contributed by atoms with Gasteiger partial charge in [0.05, 0.1) is 12.2 Å². The van der Waals surface area contributed by atoms with Gasteiger partial charge in [-0.3, -0.25) is 4.79 Å². The summed E-state index contributed by atoms with van der Waals surface area (Å²) in [5.41, 5.74) is 1.36. The lowest BCUT2D eigenvalue weighted by Crippen LogP contribution is -2.48. The first-order valence-corrected chi connectivity index (χ1v) is 6.74. The summed E-state index contributed by atoms with van der Waals surface area (Å²) < 4.78 is 5.64. The maximum atomic E-state index is 12.5. The third-order valence-corrected chi connectivity index (χ3v) is 3.13. The molecule has 0 unspecified atom stereocenters. The minimum Gasteiger partial charge on any atom is -0.384 e. The van der Waals surface area contributed by atoms with Crippen LogP contribution in [0.25, 0.3) is 0 Å². The minimum atomic E-state index is -0.184. The topological polar surface area (TPSA) is 49.8 Å². The molecule has 2 atom stereocenters. The molecule has 1 aromatic rings. The summed E-state index contributed by atoms with van der Waals surface area (Å²) in [6.07, 6.45) is 0.111. The van der Waals surface area contributed by atoms with Crippen molar-refractivity contribution in [3.05, 3.63) is 35.4 Å². The van der Waals surface area contributed by atoms with E-state index in [2.05, 4.69) is 11.8 Å². The van der Waals surface area contributed by atoms with Crippen molar-refractivity contribution in [3.8, 4) is 11.8 Å². The summed E-state index contributed by atoms with van der Waals surface area (Å²) >= 11 is 0. The zero-order valence-electron chi connectivity index (χ0n) is 11.8. The van der Waals surface area contributed by atoms with E-state index in [0.717, 1.165) is 5.56 Å². The third-order valence-electron chi connectivity index (χ3n) is 3.13. The smallest absolute Gasteiger partial charge is 0.254 e. The van der Waals surface area contributed by atoms with E-state index < -0.39 is 0 Å². The van der Waals surface area contributed by atoms with E-state index in [-0.39, 0.29) is 24.7 Å². The molecule has 20 heavy (non-hydrogen) atoms. The van der Waals surface area contributed by atoms with Crippen LogP contribution in [0.2, 0.25) is 0 Å². The monoisotopic (exact) mass is 273 g/mol. The highest BCUT2D eigenvalue weighted by Crippen LogP contribution is 2.15. The van der Waals surface area contributed by atoms with Gasteiger partial charge in [-0.05, 0) is 32.0 Å². The van der Waals surface area contributed by atoms with E-state index in [4.69, 9.17) is 9.84 Å². The molecule has 1 aliphatic rings. The van der Waals surface area contributed by atoms with Crippen molar-refractivity contribution in [2.45, 2.75) is 26.1 Å². The van der Waals surface area contributed by atoms with Crippen molar-refractivity contribution in [2.75, 3.05) is 19.7 Å². The number of rotatable bonds is 1. The predicted octanol–water partition coefficient (Wildman–Crippen LogP) is 1.28. The Balaban J connectivity index is 2.16. The number of ether oxygens (including phenoxy) is 1. The molecule has 1 amide bonds. The molecule has 1 aliphatic heterocycles. The summed E-state index contributed by atoms with van der Waals surface area (Å²) in [6, 6.07) is 7.18. The molecule has 1 aromatic carbocycles. The molecule has 1 heterocycles.